The molecule has 0 aromatic heterocycles. The number of likely N-dealkylation sites (N-methyl/N-ethyl adjacent to an activating group) is 1. The molecule has 0 saturated carbocycles. The Morgan fingerprint density at radius 2 is 1.85 bits per heavy atom. The second-order valence-electron chi connectivity index (χ2n) is 5.34. The lowest BCUT2D eigenvalue weighted by atomic mass is 10.2. The Morgan fingerprint density at radius 1 is 1.12 bits per heavy atom. The van der Waals surface area contributed by atoms with Gasteiger partial charge in [0.1, 0.15) is 12.3 Å². The van der Waals surface area contributed by atoms with Crippen molar-refractivity contribution in [2.45, 2.75) is 0 Å². The Balaban J connectivity index is 2.19. The number of aliphatic hydroxyl groups is 2. The smallest absolute Gasteiger partial charge is 0.273 e. The van der Waals surface area contributed by atoms with Crippen LogP contribution in [0.25, 0.3) is 0 Å². The van der Waals surface area contributed by atoms with Crippen molar-refractivity contribution < 1.29 is 19.9 Å². The van der Waals surface area contributed by atoms with Crippen molar-refractivity contribution >= 4 is 22.7 Å². The van der Waals surface area contributed by atoms with Gasteiger partial charge in [-0.15, -0.1) is 5.11 Å². The maximum atomic E-state index is 10.9. The average Bonchev–Trinajstić information content (AvgIpc) is 2.65. The van der Waals surface area contributed by atoms with E-state index in [4.69, 9.17) is 14.9 Å². The standard InChI is InChI=1S/C17H20N4O5/c1-20(8-9-22)14-4-2-13(3-5-14)18-19-16-7-6-15(21(24)25)12-17(16)26-11-10-23/h2-7,12,22-23H,8-11H2,1H3/b19-18+. The van der Waals surface area contributed by atoms with Crippen LogP contribution in [-0.4, -0.2) is 48.5 Å². The van der Waals surface area contributed by atoms with E-state index >= 15 is 0 Å². The normalized spacial score (nSPS) is 10.9. The number of anilines is 1. The number of azo groups is 1. The lowest BCUT2D eigenvalue weighted by Gasteiger charge is -2.17. The molecule has 26 heavy (non-hydrogen) atoms. The predicted molar refractivity (Wildman–Crippen MR) is 96.7 cm³/mol. The van der Waals surface area contributed by atoms with Crippen LogP contribution >= 0.6 is 0 Å². The molecule has 138 valence electrons. The molecule has 0 heterocycles. The molecule has 2 rings (SSSR count). The number of benzene rings is 2. The van der Waals surface area contributed by atoms with Crippen molar-refractivity contribution in [2.75, 3.05) is 38.3 Å². The molecule has 2 aromatic carbocycles. The topological polar surface area (TPSA) is 121 Å². The van der Waals surface area contributed by atoms with Crippen LogP contribution in [0.1, 0.15) is 0 Å². The number of hydrogen-bond acceptors (Lipinski definition) is 8. The highest BCUT2D eigenvalue weighted by Gasteiger charge is 2.12. The zero-order valence-corrected chi connectivity index (χ0v) is 14.3. The van der Waals surface area contributed by atoms with Gasteiger partial charge in [-0.2, -0.15) is 5.11 Å². The Labute approximate surface area is 150 Å². The zero-order valence-electron chi connectivity index (χ0n) is 14.3. The van der Waals surface area contributed by atoms with Gasteiger partial charge >= 0.3 is 0 Å². The molecule has 0 fully saturated rings. The van der Waals surface area contributed by atoms with Crippen molar-refractivity contribution in [1.29, 1.82) is 0 Å². The fraction of sp³-hybridized carbons (Fsp3) is 0.294. The van der Waals surface area contributed by atoms with E-state index in [1.54, 1.807) is 12.1 Å². The van der Waals surface area contributed by atoms with E-state index in [0.717, 1.165) is 5.69 Å². The van der Waals surface area contributed by atoms with E-state index in [1.807, 2.05) is 24.1 Å². The van der Waals surface area contributed by atoms with Gasteiger partial charge in [-0.3, -0.25) is 10.1 Å². The summed E-state index contributed by atoms with van der Waals surface area (Å²) in [6, 6.07) is 11.2. The number of aliphatic hydroxyl groups excluding tert-OH is 2. The van der Waals surface area contributed by atoms with Crippen LogP contribution in [0, 0.1) is 10.1 Å². The van der Waals surface area contributed by atoms with E-state index in [0.29, 0.717) is 17.9 Å². The van der Waals surface area contributed by atoms with Gasteiger partial charge in [-0.25, -0.2) is 0 Å². The zero-order chi connectivity index (χ0) is 18.9. The first kappa shape index (κ1) is 19.3. The van der Waals surface area contributed by atoms with E-state index in [1.165, 1.54) is 18.2 Å². The minimum Gasteiger partial charge on any atom is -0.489 e. The van der Waals surface area contributed by atoms with Crippen molar-refractivity contribution in [1.82, 2.24) is 0 Å². The molecule has 2 N–H and O–H groups in total. The van der Waals surface area contributed by atoms with E-state index in [2.05, 4.69) is 10.2 Å². The van der Waals surface area contributed by atoms with E-state index in [-0.39, 0.29) is 31.3 Å². The number of nitro groups is 1. The summed E-state index contributed by atoms with van der Waals surface area (Å²) in [4.78, 5) is 12.2. The number of non-ortho nitro benzene ring substituents is 1. The molecule has 9 heteroatoms. The van der Waals surface area contributed by atoms with Crippen LogP contribution in [0.2, 0.25) is 0 Å². The van der Waals surface area contributed by atoms with Gasteiger partial charge in [0, 0.05) is 25.3 Å². The molecule has 0 amide bonds. The van der Waals surface area contributed by atoms with Crippen LogP contribution < -0.4 is 9.64 Å². The van der Waals surface area contributed by atoms with Gasteiger partial charge in [0.05, 0.1) is 29.9 Å². The first-order chi connectivity index (χ1) is 12.5. The van der Waals surface area contributed by atoms with Crippen LogP contribution in [-0.2, 0) is 0 Å². The molecule has 2 aromatic rings. The first-order valence-electron chi connectivity index (χ1n) is 7.91. The van der Waals surface area contributed by atoms with Gasteiger partial charge in [-0.05, 0) is 30.3 Å². The van der Waals surface area contributed by atoms with E-state index in [9.17, 15) is 10.1 Å². The molecular formula is C17H20N4O5. The summed E-state index contributed by atoms with van der Waals surface area (Å²) < 4.78 is 5.30. The Kier molecular flexibility index (Phi) is 7.01. The van der Waals surface area contributed by atoms with Crippen molar-refractivity contribution in [3.8, 4) is 5.75 Å². The first-order valence-corrected chi connectivity index (χ1v) is 7.91. The molecule has 0 spiro atoms. The number of nitro benzene ring substituents is 1. The van der Waals surface area contributed by atoms with Crippen molar-refractivity contribution in [3.63, 3.8) is 0 Å². The summed E-state index contributed by atoms with van der Waals surface area (Å²) in [5.41, 5.74) is 1.72. The third-order valence-corrected chi connectivity index (χ3v) is 3.50. The van der Waals surface area contributed by atoms with Gasteiger partial charge in [0.25, 0.3) is 5.69 Å². The highest BCUT2D eigenvalue weighted by Crippen LogP contribution is 2.33. The average molecular weight is 360 g/mol. The maximum absolute atomic E-state index is 10.9. The summed E-state index contributed by atoms with van der Waals surface area (Å²) in [6.45, 7) is 0.363. The monoisotopic (exact) mass is 360 g/mol. The number of ether oxygens (including phenoxy) is 1. The minimum absolute atomic E-state index is 0.00439. The molecule has 0 atom stereocenters. The summed E-state index contributed by atoms with van der Waals surface area (Å²) >= 11 is 0. The van der Waals surface area contributed by atoms with Crippen molar-refractivity contribution in [3.05, 3.63) is 52.6 Å². The fourth-order valence-electron chi connectivity index (χ4n) is 2.13. The lowest BCUT2D eigenvalue weighted by molar-refractivity contribution is -0.384. The third kappa shape index (κ3) is 5.23. The molecule has 0 aliphatic rings. The second kappa shape index (κ2) is 9.44. The molecule has 0 radical (unpaired) electrons. The largest absolute Gasteiger partial charge is 0.489 e. The fourth-order valence-corrected chi connectivity index (χ4v) is 2.13. The predicted octanol–water partition coefficient (Wildman–Crippen LogP) is 2.81. The minimum atomic E-state index is -0.533. The second-order valence-corrected chi connectivity index (χ2v) is 5.34. The van der Waals surface area contributed by atoms with Gasteiger partial charge in [0.15, 0.2) is 5.75 Å². The van der Waals surface area contributed by atoms with Crippen molar-refractivity contribution in [2.24, 2.45) is 10.2 Å². The lowest BCUT2D eigenvalue weighted by Crippen LogP contribution is -2.20. The van der Waals surface area contributed by atoms with Gasteiger partial charge in [0.2, 0.25) is 0 Å². The molecule has 9 nitrogen and oxygen atoms in total. The van der Waals surface area contributed by atoms with Gasteiger partial charge < -0.3 is 19.8 Å². The summed E-state index contributed by atoms with van der Waals surface area (Å²) in [5, 5.41) is 36.9. The molecule has 0 unspecified atom stereocenters. The van der Waals surface area contributed by atoms with E-state index < -0.39 is 4.92 Å². The molecular weight excluding hydrogens is 340 g/mol. The highest BCUT2D eigenvalue weighted by atomic mass is 16.6. The number of hydrogen-bond donors (Lipinski definition) is 2. The summed E-state index contributed by atoms with van der Waals surface area (Å²) in [7, 11) is 1.87. The quantitative estimate of drug-likeness (QED) is 0.403. The van der Waals surface area contributed by atoms with Crippen LogP contribution in [0.4, 0.5) is 22.7 Å². The number of nitrogens with zero attached hydrogens (tertiary/aromatic N) is 4. The third-order valence-electron chi connectivity index (χ3n) is 3.50. The van der Waals surface area contributed by atoms with Gasteiger partial charge in [-0.1, -0.05) is 0 Å². The summed E-state index contributed by atoms with van der Waals surface area (Å²) in [6.07, 6.45) is 0. The number of rotatable bonds is 9. The molecule has 0 aliphatic heterocycles. The Morgan fingerprint density at radius 3 is 2.46 bits per heavy atom. The molecule has 0 bridgehead atoms. The molecule has 0 saturated heterocycles. The Hall–Kier alpha value is -3.04. The highest BCUT2D eigenvalue weighted by molar-refractivity contribution is 5.57. The van der Waals surface area contributed by atoms with Crippen LogP contribution in [0.15, 0.2) is 52.7 Å². The summed E-state index contributed by atoms with van der Waals surface area (Å²) in [5.74, 6) is 0.177. The van der Waals surface area contributed by atoms with Crippen LogP contribution in [0.5, 0.6) is 5.75 Å². The van der Waals surface area contributed by atoms with Crippen LogP contribution in [0.3, 0.4) is 0 Å². The molecule has 0 aliphatic carbocycles. The maximum Gasteiger partial charge on any atom is 0.273 e. The Bertz CT molecular complexity index is 764. The SMILES string of the molecule is CN(CCO)c1ccc(/N=N/c2ccc([N+](=O)[O-])cc2OCCO)cc1.